The number of amides is 2. The highest BCUT2D eigenvalue weighted by atomic mass is 127. The zero-order chi connectivity index (χ0) is 27.7. The third-order valence-electron chi connectivity index (χ3n) is 7.72. The minimum absolute atomic E-state index is 0.0970. The van der Waals surface area contributed by atoms with Crippen LogP contribution in [0.4, 0.5) is 5.69 Å². The highest BCUT2D eigenvalue weighted by Gasteiger charge is 2.52. The highest BCUT2D eigenvalue weighted by molar-refractivity contribution is 14.1. The van der Waals surface area contributed by atoms with Crippen molar-refractivity contribution >= 4 is 56.0 Å². The van der Waals surface area contributed by atoms with Gasteiger partial charge in [-0.15, -0.1) is 0 Å². The Kier molecular flexibility index (Phi) is 8.28. The number of hydrogen-bond donors (Lipinski definition) is 2. The summed E-state index contributed by atoms with van der Waals surface area (Å²) in [6, 6.07) is 21.2. The Morgan fingerprint density at radius 3 is 2.67 bits per heavy atom. The summed E-state index contributed by atoms with van der Waals surface area (Å²) < 4.78 is 1.85. The first kappa shape index (κ1) is 28.0. The highest BCUT2D eigenvalue weighted by Crippen LogP contribution is 2.46. The molecule has 0 saturated carbocycles. The fraction of sp³-hybridized carbons (Fsp3) is 0.290. The zero-order valence-electron chi connectivity index (χ0n) is 21.6. The number of carbonyl (C=O) groups is 2. The largest absolute Gasteiger partial charge is 0.394 e. The lowest BCUT2D eigenvalue weighted by Gasteiger charge is -2.36. The summed E-state index contributed by atoms with van der Waals surface area (Å²) in [4.78, 5) is 30.3. The van der Waals surface area contributed by atoms with Crippen LogP contribution in [0.1, 0.15) is 35.6 Å². The molecule has 2 aliphatic heterocycles. The molecule has 3 aromatic rings. The number of anilines is 1. The average Bonchev–Trinajstić information content (AvgIpc) is 3.14. The predicted octanol–water partition coefficient (Wildman–Crippen LogP) is 5.32. The normalized spacial score (nSPS) is 21.3. The molecule has 2 amide bonds. The van der Waals surface area contributed by atoms with Gasteiger partial charge in [0.15, 0.2) is 5.60 Å². The number of aliphatic hydroxyl groups is 2. The molecule has 0 aliphatic carbocycles. The van der Waals surface area contributed by atoms with Crippen molar-refractivity contribution in [3.63, 3.8) is 0 Å². The third kappa shape index (κ3) is 5.44. The van der Waals surface area contributed by atoms with Crippen LogP contribution in [0.5, 0.6) is 0 Å². The van der Waals surface area contributed by atoms with Crippen LogP contribution in [0.25, 0.3) is 0 Å². The van der Waals surface area contributed by atoms with Crippen LogP contribution < -0.4 is 4.90 Å². The van der Waals surface area contributed by atoms with Crippen LogP contribution in [0.2, 0.25) is 0 Å². The summed E-state index contributed by atoms with van der Waals surface area (Å²) in [6.45, 7) is 2.50. The van der Waals surface area contributed by atoms with Crippen molar-refractivity contribution in [2.24, 2.45) is 5.92 Å². The van der Waals surface area contributed by atoms with Crippen LogP contribution in [0, 0.1) is 9.49 Å². The van der Waals surface area contributed by atoms with Gasteiger partial charge in [-0.05, 0) is 76.0 Å². The molecule has 8 heteroatoms. The van der Waals surface area contributed by atoms with E-state index in [2.05, 4.69) is 38.5 Å². The Morgan fingerprint density at radius 2 is 1.92 bits per heavy atom. The monoisotopic (exact) mass is 700 g/mol. The van der Waals surface area contributed by atoms with Crippen molar-refractivity contribution < 1.29 is 19.8 Å². The molecule has 0 aromatic heterocycles. The Hall–Kier alpha value is -2.53. The molecule has 39 heavy (non-hydrogen) atoms. The molecular formula is C31H30BrIN2O4. The molecule has 3 atom stereocenters. The summed E-state index contributed by atoms with van der Waals surface area (Å²) in [5, 5.41) is 21.8. The Balaban J connectivity index is 1.35. The van der Waals surface area contributed by atoms with E-state index in [1.807, 2.05) is 60.7 Å². The maximum atomic E-state index is 13.8. The molecule has 0 bridgehead atoms. The minimum atomic E-state index is -1.77. The first-order valence-corrected chi connectivity index (χ1v) is 14.8. The van der Waals surface area contributed by atoms with E-state index in [9.17, 15) is 19.8 Å². The van der Waals surface area contributed by atoms with Gasteiger partial charge in [0.2, 0.25) is 5.91 Å². The van der Waals surface area contributed by atoms with Crippen LogP contribution in [0.3, 0.4) is 0 Å². The smallest absolute Gasteiger partial charge is 0.264 e. The number of benzene rings is 3. The quantitative estimate of drug-likeness (QED) is 0.259. The standard InChI is InChI=1S/C31H30BrIN2O4/c1-20(6-4-11-29(37)34-18-23-9-3-2-8-22(23)15-26(34)19-36)31(39)27-16-24(32)12-13-28(27)35(30(31)38)17-21-7-5-10-25(33)14-21/h2-10,12-14,16,20,26,36,39H,11,15,17-19H2,1H3/b6-4+/t20-,26-,31+/m0/s1. The van der Waals surface area contributed by atoms with E-state index in [1.165, 1.54) is 0 Å². The van der Waals surface area contributed by atoms with Gasteiger partial charge >= 0.3 is 0 Å². The predicted molar refractivity (Wildman–Crippen MR) is 163 cm³/mol. The molecule has 0 fully saturated rings. The minimum Gasteiger partial charge on any atom is -0.394 e. The van der Waals surface area contributed by atoms with Crippen molar-refractivity contribution in [3.8, 4) is 0 Å². The summed E-state index contributed by atoms with van der Waals surface area (Å²) in [5.41, 5.74) is 2.69. The number of fused-ring (bicyclic) bond motifs is 2. The van der Waals surface area contributed by atoms with Crippen LogP contribution in [-0.2, 0) is 34.7 Å². The molecular weight excluding hydrogens is 671 g/mol. The molecule has 0 radical (unpaired) electrons. The lowest BCUT2D eigenvalue weighted by atomic mass is 9.83. The molecule has 0 spiro atoms. The maximum Gasteiger partial charge on any atom is 0.264 e. The van der Waals surface area contributed by atoms with E-state index in [4.69, 9.17) is 0 Å². The summed E-state index contributed by atoms with van der Waals surface area (Å²) in [5.74, 6) is -1.06. The maximum absolute atomic E-state index is 13.8. The van der Waals surface area contributed by atoms with E-state index in [1.54, 1.807) is 34.9 Å². The third-order valence-corrected chi connectivity index (χ3v) is 8.89. The van der Waals surface area contributed by atoms with Crippen molar-refractivity contribution in [1.82, 2.24) is 4.90 Å². The molecule has 2 heterocycles. The lowest BCUT2D eigenvalue weighted by Crippen LogP contribution is -2.46. The first-order valence-electron chi connectivity index (χ1n) is 12.9. The Morgan fingerprint density at radius 1 is 1.15 bits per heavy atom. The molecule has 202 valence electrons. The number of rotatable bonds is 7. The van der Waals surface area contributed by atoms with Gasteiger partial charge in [-0.3, -0.25) is 9.59 Å². The number of aliphatic hydroxyl groups excluding tert-OH is 1. The Bertz CT molecular complexity index is 1440. The second-order valence-corrected chi connectivity index (χ2v) is 12.4. The fourth-order valence-corrected chi connectivity index (χ4v) is 6.53. The van der Waals surface area contributed by atoms with E-state index < -0.39 is 11.5 Å². The number of carbonyl (C=O) groups excluding carboxylic acids is 2. The van der Waals surface area contributed by atoms with E-state index >= 15 is 0 Å². The number of hydrogen-bond acceptors (Lipinski definition) is 4. The van der Waals surface area contributed by atoms with Crippen LogP contribution in [0.15, 0.2) is 83.4 Å². The van der Waals surface area contributed by atoms with Gasteiger partial charge in [-0.25, -0.2) is 0 Å². The summed E-state index contributed by atoms with van der Waals surface area (Å²) >= 11 is 5.74. The van der Waals surface area contributed by atoms with Gasteiger partial charge in [0.1, 0.15) is 0 Å². The van der Waals surface area contributed by atoms with Gasteiger partial charge in [-0.2, -0.15) is 0 Å². The van der Waals surface area contributed by atoms with E-state index in [0.29, 0.717) is 30.8 Å². The molecule has 0 saturated heterocycles. The SMILES string of the molecule is C[C@@H](/C=C/CC(=O)N1Cc2ccccc2C[C@H]1CO)[C@]1(O)C(=O)N(Cc2cccc(I)c2)c2ccc(Br)cc21. The lowest BCUT2D eigenvalue weighted by molar-refractivity contribution is -0.139. The van der Waals surface area contributed by atoms with Crippen molar-refractivity contribution in [1.29, 1.82) is 0 Å². The first-order chi connectivity index (χ1) is 18.7. The van der Waals surface area contributed by atoms with Crippen molar-refractivity contribution in [2.45, 2.75) is 44.5 Å². The summed E-state index contributed by atoms with van der Waals surface area (Å²) in [6.07, 6.45) is 4.22. The van der Waals surface area contributed by atoms with Crippen LogP contribution in [-0.4, -0.2) is 39.6 Å². The molecule has 0 unspecified atom stereocenters. The molecule has 6 nitrogen and oxygen atoms in total. The van der Waals surface area contributed by atoms with E-state index in [-0.39, 0.29) is 30.9 Å². The zero-order valence-corrected chi connectivity index (χ0v) is 25.3. The van der Waals surface area contributed by atoms with E-state index in [0.717, 1.165) is 24.7 Å². The molecule has 2 N–H and O–H groups in total. The topological polar surface area (TPSA) is 81.1 Å². The van der Waals surface area contributed by atoms with Gasteiger partial charge in [0.05, 0.1) is 24.9 Å². The second kappa shape index (κ2) is 11.5. The van der Waals surface area contributed by atoms with Gasteiger partial charge < -0.3 is 20.0 Å². The summed E-state index contributed by atoms with van der Waals surface area (Å²) in [7, 11) is 0. The Labute approximate surface area is 250 Å². The molecule has 2 aliphatic rings. The second-order valence-electron chi connectivity index (χ2n) is 10.2. The number of nitrogens with zero attached hydrogens (tertiary/aromatic N) is 2. The van der Waals surface area contributed by atoms with Crippen molar-refractivity contribution in [3.05, 3.63) is 109 Å². The van der Waals surface area contributed by atoms with Gasteiger partial charge in [0.25, 0.3) is 5.91 Å². The molecule has 5 rings (SSSR count). The molecule has 3 aromatic carbocycles. The van der Waals surface area contributed by atoms with Crippen molar-refractivity contribution in [2.75, 3.05) is 11.5 Å². The van der Waals surface area contributed by atoms with Crippen LogP contribution >= 0.6 is 38.5 Å². The van der Waals surface area contributed by atoms with Gasteiger partial charge in [0, 0.05) is 32.5 Å². The fourth-order valence-electron chi connectivity index (χ4n) is 5.57. The van der Waals surface area contributed by atoms with Gasteiger partial charge in [-0.1, -0.05) is 71.4 Å². The number of halogens is 2. The average molecular weight is 701 g/mol.